The minimum Gasteiger partial charge on any atom is -0.316 e. The monoisotopic (exact) mass is 295 g/mol. The lowest BCUT2D eigenvalue weighted by molar-refractivity contribution is 0.454. The Morgan fingerprint density at radius 2 is 2.05 bits per heavy atom. The molecule has 4 rings (SSSR count). The molecule has 0 saturated carbocycles. The minimum atomic E-state index is -0.111. The first kappa shape index (κ1) is 13.2. The molecule has 22 heavy (non-hydrogen) atoms. The van der Waals surface area contributed by atoms with Crippen LogP contribution in [0.1, 0.15) is 24.5 Å². The summed E-state index contributed by atoms with van der Waals surface area (Å²) in [5.74, 6) is 1.39. The molecule has 0 spiro atoms. The molecule has 3 aromatic rings. The van der Waals surface area contributed by atoms with Crippen molar-refractivity contribution in [2.75, 3.05) is 13.1 Å². The lowest BCUT2D eigenvalue weighted by Gasteiger charge is -2.21. The van der Waals surface area contributed by atoms with Crippen molar-refractivity contribution >= 4 is 5.78 Å². The highest BCUT2D eigenvalue weighted by Crippen LogP contribution is 2.21. The van der Waals surface area contributed by atoms with Crippen LogP contribution in [-0.2, 0) is 0 Å². The molecule has 112 valence electrons. The van der Waals surface area contributed by atoms with Crippen LogP contribution in [-0.4, -0.2) is 32.7 Å². The number of hydrogen-bond donors (Lipinski definition) is 2. The van der Waals surface area contributed by atoms with Gasteiger partial charge in [-0.25, -0.2) is 4.98 Å². The summed E-state index contributed by atoms with van der Waals surface area (Å²) in [7, 11) is 0. The summed E-state index contributed by atoms with van der Waals surface area (Å²) in [4.78, 5) is 21.4. The number of H-pyrrole nitrogens is 1. The van der Waals surface area contributed by atoms with Gasteiger partial charge in [0.05, 0.1) is 5.69 Å². The molecule has 0 radical (unpaired) electrons. The molecule has 6 heteroatoms. The van der Waals surface area contributed by atoms with Gasteiger partial charge in [0.1, 0.15) is 0 Å². The van der Waals surface area contributed by atoms with Crippen LogP contribution in [0.5, 0.6) is 0 Å². The molecule has 1 aliphatic heterocycles. The number of nitrogens with one attached hydrogen (secondary N) is 2. The van der Waals surface area contributed by atoms with E-state index in [1.165, 1.54) is 4.52 Å². The Morgan fingerprint density at radius 3 is 2.82 bits per heavy atom. The van der Waals surface area contributed by atoms with Crippen LogP contribution in [0.3, 0.4) is 0 Å². The van der Waals surface area contributed by atoms with E-state index in [4.69, 9.17) is 0 Å². The van der Waals surface area contributed by atoms with Gasteiger partial charge in [0.2, 0.25) is 0 Å². The second kappa shape index (κ2) is 5.38. The van der Waals surface area contributed by atoms with Crippen LogP contribution in [0.2, 0.25) is 0 Å². The number of aromatic amines is 1. The number of fused-ring (bicyclic) bond motifs is 1. The lowest BCUT2D eigenvalue weighted by Crippen LogP contribution is -2.30. The second-order valence-electron chi connectivity index (χ2n) is 5.64. The number of aromatic nitrogens is 4. The third-order valence-electron chi connectivity index (χ3n) is 4.11. The molecule has 1 saturated heterocycles. The normalized spacial score (nSPS) is 18.6. The van der Waals surface area contributed by atoms with Gasteiger partial charge in [-0.1, -0.05) is 30.3 Å². The van der Waals surface area contributed by atoms with Crippen LogP contribution in [0.25, 0.3) is 17.2 Å². The van der Waals surface area contributed by atoms with Gasteiger partial charge in [0, 0.05) is 24.1 Å². The van der Waals surface area contributed by atoms with Crippen molar-refractivity contribution in [3.63, 3.8) is 0 Å². The van der Waals surface area contributed by atoms with E-state index >= 15 is 0 Å². The first-order chi connectivity index (χ1) is 10.8. The second-order valence-corrected chi connectivity index (χ2v) is 5.64. The summed E-state index contributed by atoms with van der Waals surface area (Å²) in [5, 5.41) is 6.38. The number of hydrogen-bond acceptors (Lipinski definition) is 4. The van der Waals surface area contributed by atoms with E-state index in [2.05, 4.69) is 20.4 Å². The van der Waals surface area contributed by atoms with Gasteiger partial charge in [-0.3, -0.25) is 9.89 Å². The van der Waals surface area contributed by atoms with Gasteiger partial charge in [0.25, 0.3) is 11.3 Å². The maximum Gasteiger partial charge on any atom is 0.274 e. The van der Waals surface area contributed by atoms with Crippen LogP contribution < -0.4 is 10.9 Å². The Balaban J connectivity index is 1.79. The highest BCUT2D eigenvalue weighted by Gasteiger charge is 2.19. The fourth-order valence-corrected chi connectivity index (χ4v) is 2.94. The van der Waals surface area contributed by atoms with E-state index in [-0.39, 0.29) is 5.56 Å². The van der Waals surface area contributed by atoms with Gasteiger partial charge in [-0.2, -0.15) is 9.50 Å². The van der Waals surface area contributed by atoms with Gasteiger partial charge in [0.15, 0.2) is 5.82 Å². The van der Waals surface area contributed by atoms with Crippen molar-refractivity contribution < 1.29 is 0 Å². The fraction of sp³-hybridized carbons (Fsp3) is 0.312. The maximum absolute atomic E-state index is 12.3. The van der Waals surface area contributed by atoms with Crippen molar-refractivity contribution in [2.24, 2.45) is 0 Å². The molecule has 1 aromatic carbocycles. The number of piperidine rings is 1. The van der Waals surface area contributed by atoms with Gasteiger partial charge < -0.3 is 5.32 Å². The van der Waals surface area contributed by atoms with E-state index in [9.17, 15) is 4.79 Å². The van der Waals surface area contributed by atoms with E-state index in [0.29, 0.717) is 17.5 Å². The summed E-state index contributed by atoms with van der Waals surface area (Å²) in [5.41, 5.74) is 1.66. The van der Waals surface area contributed by atoms with Crippen molar-refractivity contribution in [3.8, 4) is 11.4 Å². The van der Waals surface area contributed by atoms with Crippen LogP contribution in [0.15, 0.2) is 41.2 Å². The van der Waals surface area contributed by atoms with E-state index in [1.54, 1.807) is 6.07 Å². The molecule has 1 unspecified atom stereocenters. The zero-order valence-corrected chi connectivity index (χ0v) is 12.1. The van der Waals surface area contributed by atoms with Crippen molar-refractivity contribution in [2.45, 2.75) is 18.8 Å². The Labute approximate surface area is 127 Å². The molecule has 2 aromatic heterocycles. The molecule has 0 bridgehead atoms. The Bertz CT molecular complexity index is 846. The zero-order chi connectivity index (χ0) is 14.9. The Kier molecular flexibility index (Phi) is 3.23. The molecule has 2 N–H and O–H groups in total. The predicted octanol–water partition coefficient (Wildman–Crippen LogP) is 1.55. The molecule has 1 atom stereocenters. The fourth-order valence-electron chi connectivity index (χ4n) is 2.94. The third kappa shape index (κ3) is 2.31. The zero-order valence-electron chi connectivity index (χ0n) is 12.1. The molecule has 1 fully saturated rings. The van der Waals surface area contributed by atoms with Crippen LogP contribution >= 0.6 is 0 Å². The quantitative estimate of drug-likeness (QED) is 0.752. The first-order valence-corrected chi connectivity index (χ1v) is 7.57. The minimum absolute atomic E-state index is 0.111. The highest BCUT2D eigenvalue weighted by molar-refractivity contribution is 5.56. The van der Waals surface area contributed by atoms with Crippen LogP contribution in [0.4, 0.5) is 0 Å². The SMILES string of the molecule is O=c1cc(C2CCCNC2)nc2nc(-c3ccccc3)[nH]n12. The van der Waals surface area contributed by atoms with Crippen LogP contribution in [0, 0.1) is 0 Å². The van der Waals surface area contributed by atoms with Gasteiger partial charge in [-0.15, -0.1) is 0 Å². The molecular formula is C16H17N5O. The van der Waals surface area contributed by atoms with Crippen molar-refractivity contribution in [1.82, 2.24) is 24.9 Å². The number of nitrogens with zero attached hydrogens (tertiary/aromatic N) is 3. The summed E-state index contributed by atoms with van der Waals surface area (Å²) in [6.07, 6.45) is 2.17. The smallest absolute Gasteiger partial charge is 0.274 e. The number of rotatable bonds is 2. The summed E-state index contributed by atoms with van der Waals surface area (Å²) in [6.45, 7) is 1.91. The summed E-state index contributed by atoms with van der Waals surface area (Å²) in [6, 6.07) is 11.4. The molecule has 6 nitrogen and oxygen atoms in total. The maximum atomic E-state index is 12.3. The predicted molar refractivity (Wildman–Crippen MR) is 83.9 cm³/mol. The molecule has 1 aliphatic rings. The lowest BCUT2D eigenvalue weighted by atomic mass is 9.96. The van der Waals surface area contributed by atoms with Crippen molar-refractivity contribution in [1.29, 1.82) is 0 Å². The summed E-state index contributed by atoms with van der Waals surface area (Å²) >= 11 is 0. The highest BCUT2D eigenvalue weighted by atomic mass is 16.1. The van der Waals surface area contributed by atoms with Crippen molar-refractivity contribution in [3.05, 3.63) is 52.4 Å². The Morgan fingerprint density at radius 1 is 1.18 bits per heavy atom. The van der Waals surface area contributed by atoms with Gasteiger partial charge >= 0.3 is 0 Å². The Hall–Kier alpha value is -2.47. The molecule has 0 aliphatic carbocycles. The first-order valence-electron chi connectivity index (χ1n) is 7.57. The third-order valence-corrected chi connectivity index (χ3v) is 4.11. The molecule has 3 heterocycles. The molecule has 0 amide bonds. The molecular weight excluding hydrogens is 278 g/mol. The average molecular weight is 295 g/mol. The standard InChI is InChI=1S/C16H17N5O/c22-14-9-13(12-7-4-8-17-10-12)18-16-19-15(20-21(14)16)11-5-2-1-3-6-11/h1-3,5-6,9,12,17H,4,7-8,10H2,(H,18,19,20). The average Bonchev–Trinajstić information content (AvgIpc) is 3.01. The van der Waals surface area contributed by atoms with E-state index in [0.717, 1.165) is 37.2 Å². The topological polar surface area (TPSA) is 75.1 Å². The number of benzene rings is 1. The van der Waals surface area contributed by atoms with Gasteiger partial charge in [-0.05, 0) is 19.4 Å². The summed E-state index contributed by atoms with van der Waals surface area (Å²) < 4.78 is 1.40. The largest absolute Gasteiger partial charge is 0.316 e. The van der Waals surface area contributed by atoms with E-state index in [1.807, 2.05) is 30.3 Å². The van der Waals surface area contributed by atoms with E-state index < -0.39 is 0 Å².